The zero-order valence-electron chi connectivity index (χ0n) is 9.15. The lowest BCUT2D eigenvalue weighted by molar-refractivity contribution is 0.203. The van der Waals surface area contributed by atoms with Crippen molar-refractivity contribution in [2.24, 2.45) is 0 Å². The van der Waals surface area contributed by atoms with Crippen molar-refractivity contribution in [2.75, 3.05) is 4.90 Å². The number of hydrogen-bond donors (Lipinski definition) is 1. The topological polar surface area (TPSA) is 40.5 Å². The van der Waals surface area contributed by atoms with Crippen LogP contribution in [0.2, 0.25) is 0 Å². The maximum atomic E-state index is 11.2. The van der Waals surface area contributed by atoms with Gasteiger partial charge in [0.1, 0.15) is 0 Å². The van der Waals surface area contributed by atoms with Gasteiger partial charge in [-0.2, -0.15) is 17.7 Å². The minimum atomic E-state index is -1.000. The van der Waals surface area contributed by atoms with Gasteiger partial charge in [-0.25, -0.2) is 4.79 Å². The Morgan fingerprint density at radius 2 is 1.47 bits per heavy atom. The SMILES string of the molecule is O=C(O)N([CH-]c1ccccc1)c1ccccc1. The molecule has 0 fully saturated rings. The third-order valence-corrected chi connectivity index (χ3v) is 2.32. The number of hydrogen-bond acceptors (Lipinski definition) is 1. The van der Waals surface area contributed by atoms with E-state index in [1.807, 2.05) is 48.5 Å². The maximum absolute atomic E-state index is 11.2. The van der Waals surface area contributed by atoms with Gasteiger partial charge in [0.05, 0.1) is 0 Å². The smallest absolute Gasteiger partial charge is 0.404 e. The Morgan fingerprint density at radius 1 is 0.941 bits per heavy atom. The fraction of sp³-hybridized carbons (Fsp3) is 0. The molecule has 3 nitrogen and oxygen atoms in total. The number of rotatable bonds is 3. The van der Waals surface area contributed by atoms with Crippen LogP contribution in [0.4, 0.5) is 10.5 Å². The molecule has 0 heterocycles. The Balaban J connectivity index is 2.23. The number of carbonyl (C=O) groups is 1. The molecule has 0 aliphatic heterocycles. The molecule has 86 valence electrons. The second kappa shape index (κ2) is 5.07. The minimum absolute atomic E-state index is 0.629. The molecule has 0 aliphatic rings. The van der Waals surface area contributed by atoms with E-state index >= 15 is 0 Å². The summed E-state index contributed by atoms with van der Waals surface area (Å²) in [5.74, 6) is 0. The van der Waals surface area contributed by atoms with Crippen LogP contribution in [0.3, 0.4) is 0 Å². The maximum Gasteiger partial charge on any atom is 0.404 e. The minimum Gasteiger partial charge on any atom is -0.465 e. The summed E-state index contributed by atoms with van der Waals surface area (Å²) in [6.07, 6.45) is -1.000. The number of nitrogens with zero attached hydrogens (tertiary/aromatic N) is 1. The summed E-state index contributed by atoms with van der Waals surface area (Å²) in [4.78, 5) is 12.4. The highest BCUT2D eigenvalue weighted by Gasteiger charge is 2.09. The van der Waals surface area contributed by atoms with Crippen molar-refractivity contribution in [1.29, 1.82) is 0 Å². The lowest BCUT2D eigenvalue weighted by Crippen LogP contribution is -2.26. The molecule has 0 saturated heterocycles. The van der Waals surface area contributed by atoms with Gasteiger partial charge in [0.25, 0.3) is 0 Å². The Kier molecular flexibility index (Phi) is 3.31. The van der Waals surface area contributed by atoms with E-state index in [4.69, 9.17) is 0 Å². The molecule has 0 unspecified atom stereocenters. The van der Waals surface area contributed by atoms with Crippen molar-refractivity contribution in [1.82, 2.24) is 0 Å². The number of carboxylic acid groups (broad SMARTS) is 1. The molecule has 0 atom stereocenters. The fourth-order valence-corrected chi connectivity index (χ4v) is 1.52. The van der Waals surface area contributed by atoms with Crippen molar-refractivity contribution in [3.63, 3.8) is 0 Å². The van der Waals surface area contributed by atoms with Crippen molar-refractivity contribution in [2.45, 2.75) is 0 Å². The third-order valence-electron chi connectivity index (χ3n) is 2.32. The quantitative estimate of drug-likeness (QED) is 0.815. The van der Waals surface area contributed by atoms with E-state index in [1.165, 1.54) is 4.90 Å². The average molecular weight is 226 g/mol. The largest absolute Gasteiger partial charge is 0.465 e. The second-order valence-electron chi connectivity index (χ2n) is 3.53. The summed E-state index contributed by atoms with van der Waals surface area (Å²) in [6.45, 7) is 1.59. The van der Waals surface area contributed by atoms with E-state index in [-0.39, 0.29) is 0 Å². The second-order valence-corrected chi connectivity index (χ2v) is 3.53. The van der Waals surface area contributed by atoms with Gasteiger partial charge in [-0.15, -0.1) is 12.1 Å². The van der Waals surface area contributed by atoms with Crippen LogP contribution in [0.1, 0.15) is 5.56 Å². The van der Waals surface area contributed by atoms with E-state index < -0.39 is 6.09 Å². The Morgan fingerprint density at radius 3 is 2.00 bits per heavy atom. The summed E-state index contributed by atoms with van der Waals surface area (Å²) in [5.41, 5.74) is 1.47. The van der Waals surface area contributed by atoms with Crippen molar-refractivity contribution in [3.05, 3.63) is 72.8 Å². The lowest BCUT2D eigenvalue weighted by Gasteiger charge is -2.24. The summed E-state index contributed by atoms with van der Waals surface area (Å²) in [7, 11) is 0. The molecular formula is C14H12NO2-. The van der Waals surface area contributed by atoms with Crippen LogP contribution >= 0.6 is 0 Å². The third kappa shape index (κ3) is 2.78. The first-order valence-electron chi connectivity index (χ1n) is 5.24. The number of amides is 1. The molecule has 0 aliphatic carbocycles. The normalized spacial score (nSPS) is 9.65. The lowest BCUT2D eigenvalue weighted by atomic mass is 10.2. The van der Waals surface area contributed by atoms with Crippen LogP contribution < -0.4 is 4.90 Å². The van der Waals surface area contributed by atoms with Crippen LogP contribution in [0.15, 0.2) is 60.7 Å². The van der Waals surface area contributed by atoms with Crippen molar-refractivity contribution >= 4 is 11.8 Å². The molecule has 2 aromatic rings. The van der Waals surface area contributed by atoms with Gasteiger partial charge in [0.2, 0.25) is 0 Å². The molecule has 1 amide bonds. The predicted molar refractivity (Wildman–Crippen MR) is 66.8 cm³/mol. The van der Waals surface area contributed by atoms with Crippen molar-refractivity contribution < 1.29 is 9.90 Å². The first kappa shape index (κ1) is 11.1. The van der Waals surface area contributed by atoms with Crippen LogP contribution in [0, 0.1) is 6.54 Å². The van der Waals surface area contributed by atoms with Crippen LogP contribution in [0.25, 0.3) is 0 Å². The fourth-order valence-electron chi connectivity index (χ4n) is 1.52. The van der Waals surface area contributed by atoms with E-state index in [0.717, 1.165) is 5.56 Å². The van der Waals surface area contributed by atoms with E-state index in [9.17, 15) is 9.90 Å². The van der Waals surface area contributed by atoms with Gasteiger partial charge < -0.3 is 10.0 Å². The van der Waals surface area contributed by atoms with Crippen LogP contribution in [-0.4, -0.2) is 11.2 Å². The highest BCUT2D eigenvalue weighted by Crippen LogP contribution is 2.18. The first-order chi connectivity index (χ1) is 8.27. The molecule has 2 aromatic carbocycles. The van der Waals surface area contributed by atoms with Gasteiger partial charge in [-0.1, -0.05) is 30.8 Å². The highest BCUT2D eigenvalue weighted by molar-refractivity contribution is 5.88. The molecule has 1 N–H and O–H groups in total. The Labute approximate surface area is 99.9 Å². The summed E-state index contributed by atoms with van der Waals surface area (Å²) >= 11 is 0. The molecule has 17 heavy (non-hydrogen) atoms. The van der Waals surface area contributed by atoms with E-state index in [1.54, 1.807) is 18.7 Å². The van der Waals surface area contributed by atoms with E-state index in [2.05, 4.69) is 0 Å². The predicted octanol–water partition coefficient (Wildman–Crippen LogP) is 3.38. The number of benzene rings is 2. The van der Waals surface area contributed by atoms with E-state index in [0.29, 0.717) is 5.69 Å². The molecular weight excluding hydrogens is 214 g/mol. The van der Waals surface area contributed by atoms with Gasteiger partial charge in [0, 0.05) is 5.69 Å². The standard InChI is InChI=1S/C14H12NO2/c16-14(17)15(13-9-5-2-6-10-13)11-12-7-3-1-4-8-12/h1-11H,(H,16,17)/q-1. The monoisotopic (exact) mass is 226 g/mol. The Bertz CT molecular complexity index is 482. The van der Waals surface area contributed by atoms with Gasteiger partial charge >= 0.3 is 6.09 Å². The molecule has 3 heteroatoms. The van der Waals surface area contributed by atoms with Gasteiger partial charge in [-0.3, -0.25) is 0 Å². The van der Waals surface area contributed by atoms with Crippen LogP contribution in [0.5, 0.6) is 0 Å². The molecule has 0 bridgehead atoms. The molecule has 2 rings (SSSR count). The molecule has 0 radical (unpaired) electrons. The number of para-hydroxylation sites is 1. The zero-order chi connectivity index (χ0) is 12.1. The van der Waals surface area contributed by atoms with Crippen LogP contribution in [-0.2, 0) is 0 Å². The van der Waals surface area contributed by atoms with Crippen molar-refractivity contribution in [3.8, 4) is 0 Å². The average Bonchev–Trinajstić information content (AvgIpc) is 2.38. The highest BCUT2D eigenvalue weighted by atomic mass is 16.4. The molecule has 0 spiro atoms. The van der Waals surface area contributed by atoms with Gasteiger partial charge in [-0.05, 0) is 12.1 Å². The molecule has 0 saturated carbocycles. The zero-order valence-corrected chi connectivity index (χ0v) is 9.15. The summed E-state index contributed by atoms with van der Waals surface area (Å²) in [5, 5.41) is 9.18. The molecule has 0 aromatic heterocycles. The number of anilines is 1. The summed E-state index contributed by atoms with van der Waals surface area (Å²) < 4.78 is 0. The Hall–Kier alpha value is -2.42. The summed E-state index contributed by atoms with van der Waals surface area (Å²) in [6, 6.07) is 18.3. The first-order valence-corrected chi connectivity index (χ1v) is 5.24. The van der Waals surface area contributed by atoms with Gasteiger partial charge in [0.15, 0.2) is 0 Å².